The lowest BCUT2D eigenvalue weighted by molar-refractivity contribution is 0.628. The van der Waals surface area contributed by atoms with Crippen LogP contribution in [0.5, 0.6) is 0 Å². The Kier molecular flexibility index (Phi) is 3.93. The van der Waals surface area contributed by atoms with E-state index in [9.17, 15) is 9.59 Å². The van der Waals surface area contributed by atoms with Gasteiger partial charge >= 0.3 is 5.69 Å². The molecule has 0 unspecified atom stereocenters. The Hall–Kier alpha value is -2.10. The zero-order valence-electron chi connectivity index (χ0n) is 10.3. The molecule has 0 saturated carbocycles. The minimum atomic E-state index is -0.677. The molecule has 0 aliphatic rings. The molecular weight excluding hydrogens is 303 g/mol. The number of hydrogen-bond acceptors (Lipinski definition) is 4. The Bertz CT molecular complexity index is 833. The summed E-state index contributed by atoms with van der Waals surface area (Å²) in [6.45, 7) is -0.128. The van der Waals surface area contributed by atoms with Crippen LogP contribution >= 0.6 is 23.2 Å². The molecule has 0 saturated heterocycles. The van der Waals surface area contributed by atoms with Gasteiger partial charge in [-0.05, 0) is 6.07 Å². The van der Waals surface area contributed by atoms with Gasteiger partial charge in [-0.2, -0.15) is 5.26 Å². The molecule has 2 aromatic rings. The van der Waals surface area contributed by atoms with E-state index in [4.69, 9.17) is 28.5 Å². The molecule has 0 spiro atoms. The van der Waals surface area contributed by atoms with Gasteiger partial charge in [0, 0.05) is 19.4 Å². The van der Waals surface area contributed by atoms with E-state index < -0.39 is 11.2 Å². The standard InChI is InChI=1S/C12H8Cl2N4O2/c1-17-5-7(3-15)11(19)18(12(17)20)6-10-9(14)2-8(13)4-16-10/h2,4-5H,6H2,1H3. The summed E-state index contributed by atoms with van der Waals surface area (Å²) in [5.41, 5.74) is -1.03. The predicted octanol–water partition coefficient (Wildman–Crippen LogP) is 1.17. The van der Waals surface area contributed by atoms with E-state index in [0.29, 0.717) is 10.7 Å². The Labute approximate surface area is 123 Å². The lowest BCUT2D eigenvalue weighted by Crippen LogP contribution is -2.40. The van der Waals surface area contributed by atoms with Crippen LogP contribution in [0.1, 0.15) is 11.3 Å². The smallest absolute Gasteiger partial charge is 0.302 e. The van der Waals surface area contributed by atoms with Crippen LogP contribution in [0.15, 0.2) is 28.0 Å². The van der Waals surface area contributed by atoms with Gasteiger partial charge in [-0.25, -0.2) is 4.79 Å². The molecule has 0 bridgehead atoms. The molecule has 2 heterocycles. The highest BCUT2D eigenvalue weighted by Gasteiger charge is 2.12. The molecule has 0 fully saturated rings. The van der Waals surface area contributed by atoms with Gasteiger partial charge in [-0.15, -0.1) is 0 Å². The third-order valence-electron chi connectivity index (χ3n) is 2.64. The maximum atomic E-state index is 12.0. The molecule has 2 rings (SSSR count). The predicted molar refractivity (Wildman–Crippen MR) is 74.0 cm³/mol. The van der Waals surface area contributed by atoms with E-state index in [-0.39, 0.29) is 17.1 Å². The fourth-order valence-corrected chi connectivity index (χ4v) is 2.09. The Morgan fingerprint density at radius 1 is 1.40 bits per heavy atom. The summed E-state index contributed by atoms with van der Waals surface area (Å²) in [5.74, 6) is 0. The summed E-state index contributed by atoms with van der Waals surface area (Å²) in [4.78, 5) is 27.9. The van der Waals surface area contributed by atoms with Crippen LogP contribution in [0, 0.1) is 11.3 Å². The molecule has 0 N–H and O–H groups in total. The number of hydrogen-bond donors (Lipinski definition) is 0. The highest BCUT2D eigenvalue weighted by Crippen LogP contribution is 2.18. The fraction of sp³-hybridized carbons (Fsp3) is 0.167. The molecule has 0 aromatic carbocycles. The van der Waals surface area contributed by atoms with Crippen LogP contribution in [0.25, 0.3) is 0 Å². The largest absolute Gasteiger partial charge is 0.331 e. The second-order valence-corrected chi connectivity index (χ2v) is 4.87. The van der Waals surface area contributed by atoms with Crippen LogP contribution in [-0.2, 0) is 13.6 Å². The van der Waals surface area contributed by atoms with Crippen LogP contribution < -0.4 is 11.2 Å². The fourth-order valence-electron chi connectivity index (χ4n) is 1.65. The van der Waals surface area contributed by atoms with E-state index >= 15 is 0 Å². The minimum absolute atomic E-state index is 0.128. The summed E-state index contributed by atoms with van der Waals surface area (Å²) in [5, 5.41) is 9.47. The quantitative estimate of drug-likeness (QED) is 0.834. The number of halogens is 2. The molecule has 0 aliphatic heterocycles. The first-order valence-electron chi connectivity index (χ1n) is 5.44. The van der Waals surface area contributed by atoms with Gasteiger partial charge in [0.15, 0.2) is 0 Å². The molecule has 0 amide bonds. The van der Waals surface area contributed by atoms with Crippen molar-refractivity contribution >= 4 is 23.2 Å². The van der Waals surface area contributed by atoms with Crippen molar-refractivity contribution in [2.24, 2.45) is 7.05 Å². The summed E-state index contributed by atoms with van der Waals surface area (Å²) in [6, 6.07) is 3.21. The molecule has 0 atom stereocenters. The maximum Gasteiger partial charge on any atom is 0.331 e. The normalized spacial score (nSPS) is 10.3. The van der Waals surface area contributed by atoms with Gasteiger partial charge in [-0.1, -0.05) is 23.2 Å². The van der Waals surface area contributed by atoms with Gasteiger partial charge in [0.1, 0.15) is 11.6 Å². The van der Waals surface area contributed by atoms with Crippen molar-refractivity contribution in [3.8, 4) is 6.07 Å². The van der Waals surface area contributed by atoms with E-state index in [0.717, 1.165) is 9.13 Å². The van der Waals surface area contributed by atoms with Crippen LogP contribution in [-0.4, -0.2) is 14.1 Å². The Morgan fingerprint density at radius 2 is 2.10 bits per heavy atom. The molecule has 2 aromatic heterocycles. The van der Waals surface area contributed by atoms with Crippen LogP contribution in [0.4, 0.5) is 0 Å². The van der Waals surface area contributed by atoms with Gasteiger partial charge < -0.3 is 4.57 Å². The monoisotopic (exact) mass is 310 g/mol. The van der Waals surface area contributed by atoms with Gasteiger partial charge in [-0.3, -0.25) is 14.3 Å². The van der Waals surface area contributed by atoms with Crippen LogP contribution in [0.3, 0.4) is 0 Å². The topological polar surface area (TPSA) is 80.7 Å². The average Bonchev–Trinajstić information content (AvgIpc) is 2.41. The van der Waals surface area contributed by atoms with Gasteiger partial charge in [0.25, 0.3) is 5.56 Å². The lowest BCUT2D eigenvalue weighted by atomic mass is 10.3. The molecule has 0 aliphatic carbocycles. The average molecular weight is 311 g/mol. The summed E-state index contributed by atoms with van der Waals surface area (Å²) >= 11 is 11.7. The third-order valence-corrected chi connectivity index (χ3v) is 3.18. The number of rotatable bonds is 2. The van der Waals surface area contributed by atoms with E-state index in [1.807, 2.05) is 0 Å². The molecule has 0 radical (unpaired) electrons. The summed E-state index contributed by atoms with van der Waals surface area (Å²) in [6.07, 6.45) is 2.56. The Morgan fingerprint density at radius 3 is 2.70 bits per heavy atom. The Balaban J connectivity index is 2.60. The molecule has 8 heteroatoms. The highest BCUT2D eigenvalue weighted by molar-refractivity contribution is 6.34. The van der Waals surface area contributed by atoms with Crippen molar-refractivity contribution in [2.45, 2.75) is 6.54 Å². The molecular formula is C12H8Cl2N4O2. The van der Waals surface area contributed by atoms with Gasteiger partial charge in [0.05, 0.1) is 22.3 Å². The zero-order valence-corrected chi connectivity index (χ0v) is 11.8. The SMILES string of the molecule is Cn1cc(C#N)c(=O)n(Cc2ncc(Cl)cc2Cl)c1=O. The highest BCUT2D eigenvalue weighted by atomic mass is 35.5. The number of nitriles is 1. The first-order chi connectivity index (χ1) is 9.43. The van der Waals surface area contributed by atoms with E-state index in [1.54, 1.807) is 6.07 Å². The molecule has 6 nitrogen and oxygen atoms in total. The second kappa shape index (κ2) is 5.49. The summed E-state index contributed by atoms with van der Waals surface area (Å²) < 4.78 is 2.06. The van der Waals surface area contributed by atoms with E-state index in [2.05, 4.69) is 4.98 Å². The van der Waals surface area contributed by atoms with Crippen LogP contribution in [0.2, 0.25) is 10.0 Å². The molecule has 102 valence electrons. The first-order valence-corrected chi connectivity index (χ1v) is 6.20. The zero-order chi connectivity index (χ0) is 14.9. The van der Waals surface area contributed by atoms with Crippen molar-refractivity contribution in [3.63, 3.8) is 0 Å². The minimum Gasteiger partial charge on any atom is -0.302 e. The molecule has 20 heavy (non-hydrogen) atoms. The summed E-state index contributed by atoms with van der Waals surface area (Å²) in [7, 11) is 1.45. The number of nitrogens with zero attached hydrogens (tertiary/aromatic N) is 4. The van der Waals surface area contributed by atoms with Gasteiger partial charge in [0.2, 0.25) is 0 Å². The van der Waals surface area contributed by atoms with E-state index in [1.165, 1.54) is 25.5 Å². The lowest BCUT2D eigenvalue weighted by Gasteiger charge is -2.08. The van der Waals surface area contributed by atoms with Crippen molar-refractivity contribution < 1.29 is 0 Å². The maximum absolute atomic E-state index is 12.0. The second-order valence-electron chi connectivity index (χ2n) is 4.02. The number of aromatic nitrogens is 3. The van der Waals surface area contributed by atoms with Crippen molar-refractivity contribution in [1.29, 1.82) is 5.26 Å². The first kappa shape index (κ1) is 14.3. The van der Waals surface area contributed by atoms with Crippen molar-refractivity contribution in [2.75, 3.05) is 0 Å². The van der Waals surface area contributed by atoms with Crippen molar-refractivity contribution in [1.82, 2.24) is 14.1 Å². The van der Waals surface area contributed by atoms with Crippen molar-refractivity contribution in [3.05, 3.63) is 60.6 Å². The number of aryl methyl sites for hydroxylation is 1. The number of pyridine rings is 1. The third kappa shape index (κ3) is 2.59.